The molecular formula is C16H15NO5S. The topological polar surface area (TPSA) is 74.7 Å². The molecule has 0 bridgehead atoms. The lowest BCUT2D eigenvalue weighted by Crippen LogP contribution is -2.07. The van der Waals surface area contributed by atoms with Crippen LogP contribution in [-0.4, -0.2) is 31.1 Å². The number of methoxy groups -OCH3 is 2. The molecule has 0 N–H and O–H groups in total. The molecule has 0 aliphatic carbocycles. The van der Waals surface area contributed by atoms with Gasteiger partial charge in [0.25, 0.3) is 0 Å². The Morgan fingerprint density at radius 3 is 2.61 bits per heavy atom. The van der Waals surface area contributed by atoms with E-state index in [1.54, 1.807) is 6.08 Å². The van der Waals surface area contributed by atoms with E-state index in [1.165, 1.54) is 49.8 Å². The second kappa shape index (κ2) is 7.55. The van der Waals surface area contributed by atoms with Crippen molar-refractivity contribution < 1.29 is 23.8 Å². The van der Waals surface area contributed by atoms with Gasteiger partial charge in [-0.1, -0.05) is 0 Å². The summed E-state index contributed by atoms with van der Waals surface area (Å²) in [5.41, 5.74) is 0.995. The van der Waals surface area contributed by atoms with Crippen molar-refractivity contribution >= 4 is 29.4 Å². The summed E-state index contributed by atoms with van der Waals surface area (Å²) in [4.78, 5) is 27.5. The number of nitrogens with zero attached hydrogens (tertiary/aromatic N) is 1. The van der Waals surface area contributed by atoms with Crippen LogP contribution in [-0.2, 0) is 9.53 Å². The molecule has 1 heterocycles. The minimum atomic E-state index is -0.570. The van der Waals surface area contributed by atoms with Crippen LogP contribution < -0.4 is 9.47 Å². The molecule has 0 saturated heterocycles. The summed E-state index contributed by atoms with van der Waals surface area (Å²) in [6.45, 7) is 1.88. The second-order valence-electron chi connectivity index (χ2n) is 4.40. The minimum Gasteiger partial charge on any atom is -0.493 e. The summed E-state index contributed by atoms with van der Waals surface area (Å²) in [6, 6.07) is 4.41. The summed E-state index contributed by atoms with van der Waals surface area (Å²) < 4.78 is 15.0. The van der Waals surface area contributed by atoms with Crippen LogP contribution in [0.2, 0.25) is 0 Å². The molecule has 120 valence electrons. The highest BCUT2D eigenvalue weighted by Gasteiger charge is 2.13. The van der Waals surface area contributed by atoms with E-state index in [-0.39, 0.29) is 11.5 Å². The Labute approximate surface area is 137 Å². The van der Waals surface area contributed by atoms with Crippen molar-refractivity contribution in [1.29, 1.82) is 0 Å². The Morgan fingerprint density at radius 1 is 1.22 bits per heavy atom. The van der Waals surface area contributed by atoms with Crippen LogP contribution in [0.3, 0.4) is 0 Å². The monoisotopic (exact) mass is 333 g/mol. The molecule has 0 aliphatic rings. The molecule has 0 unspecified atom stereocenters. The number of carbonyl (C=O) groups is 2. The summed E-state index contributed by atoms with van der Waals surface area (Å²) >= 11 is 1.49. The molecule has 1 aromatic carbocycles. The Kier molecular flexibility index (Phi) is 5.48. The van der Waals surface area contributed by atoms with Crippen molar-refractivity contribution in [1.82, 2.24) is 4.98 Å². The van der Waals surface area contributed by atoms with Crippen LogP contribution in [0.25, 0.3) is 6.08 Å². The fourth-order valence-corrected chi connectivity index (χ4v) is 2.33. The minimum absolute atomic E-state index is 0.212. The van der Waals surface area contributed by atoms with Crippen LogP contribution in [0, 0.1) is 6.92 Å². The van der Waals surface area contributed by atoms with Gasteiger partial charge in [0.05, 0.1) is 30.5 Å². The first-order valence-electron chi connectivity index (χ1n) is 6.62. The molecule has 0 radical (unpaired) electrons. The van der Waals surface area contributed by atoms with E-state index in [0.29, 0.717) is 11.3 Å². The molecule has 23 heavy (non-hydrogen) atoms. The molecule has 0 atom stereocenters. The lowest BCUT2D eigenvalue weighted by molar-refractivity contribution is -0.129. The predicted octanol–water partition coefficient (Wildman–Crippen LogP) is 2.87. The van der Waals surface area contributed by atoms with E-state index >= 15 is 0 Å². The zero-order chi connectivity index (χ0) is 16.8. The molecule has 0 amide bonds. The Morgan fingerprint density at radius 2 is 2.00 bits per heavy atom. The van der Waals surface area contributed by atoms with Gasteiger partial charge in [0.2, 0.25) is 0 Å². The fraction of sp³-hybridized carbons (Fsp3) is 0.188. The van der Waals surface area contributed by atoms with Gasteiger partial charge >= 0.3 is 11.9 Å². The molecule has 2 aromatic rings. The first-order valence-corrected chi connectivity index (χ1v) is 7.50. The van der Waals surface area contributed by atoms with Gasteiger partial charge in [-0.3, -0.25) is 0 Å². The van der Waals surface area contributed by atoms with Gasteiger partial charge < -0.3 is 14.2 Å². The maximum atomic E-state index is 11.9. The number of esters is 2. The van der Waals surface area contributed by atoms with Crippen LogP contribution in [0.15, 0.2) is 29.7 Å². The van der Waals surface area contributed by atoms with E-state index < -0.39 is 11.9 Å². The van der Waals surface area contributed by atoms with Gasteiger partial charge in [-0.25, -0.2) is 14.6 Å². The fourth-order valence-electron chi connectivity index (χ4n) is 1.75. The highest BCUT2D eigenvalue weighted by molar-refractivity contribution is 7.09. The quantitative estimate of drug-likeness (QED) is 0.476. The number of aryl methyl sites for hydroxylation is 1. The SMILES string of the molecule is COC(=O)c1ccc(OC(=O)/C=C/c2csc(C)n2)c(OC)c1. The van der Waals surface area contributed by atoms with Crippen molar-refractivity contribution in [3.8, 4) is 11.5 Å². The van der Waals surface area contributed by atoms with Crippen LogP contribution in [0.1, 0.15) is 21.1 Å². The van der Waals surface area contributed by atoms with Crippen molar-refractivity contribution in [3.05, 3.63) is 45.9 Å². The summed E-state index contributed by atoms with van der Waals surface area (Å²) in [7, 11) is 2.70. The number of thiazole rings is 1. The number of benzene rings is 1. The van der Waals surface area contributed by atoms with E-state index in [4.69, 9.17) is 9.47 Å². The van der Waals surface area contributed by atoms with Crippen molar-refractivity contribution in [3.63, 3.8) is 0 Å². The number of hydrogen-bond acceptors (Lipinski definition) is 7. The molecule has 0 aliphatic heterocycles. The lowest BCUT2D eigenvalue weighted by Gasteiger charge is -2.09. The predicted molar refractivity (Wildman–Crippen MR) is 85.9 cm³/mol. The molecular weight excluding hydrogens is 318 g/mol. The highest BCUT2D eigenvalue weighted by atomic mass is 32.1. The number of hydrogen-bond donors (Lipinski definition) is 0. The van der Waals surface area contributed by atoms with Gasteiger partial charge in [-0.05, 0) is 31.2 Å². The van der Waals surface area contributed by atoms with E-state index in [2.05, 4.69) is 9.72 Å². The third-order valence-electron chi connectivity index (χ3n) is 2.82. The third-order valence-corrected chi connectivity index (χ3v) is 3.61. The maximum Gasteiger partial charge on any atom is 0.337 e. The van der Waals surface area contributed by atoms with Gasteiger partial charge in [-0.15, -0.1) is 11.3 Å². The molecule has 0 fully saturated rings. The average molecular weight is 333 g/mol. The molecule has 6 nitrogen and oxygen atoms in total. The molecule has 1 aromatic heterocycles. The molecule has 7 heteroatoms. The molecule has 0 saturated carbocycles. The average Bonchev–Trinajstić information content (AvgIpc) is 2.98. The van der Waals surface area contributed by atoms with Gasteiger partial charge in [0.15, 0.2) is 11.5 Å². The van der Waals surface area contributed by atoms with E-state index in [9.17, 15) is 9.59 Å². The van der Waals surface area contributed by atoms with Crippen molar-refractivity contribution in [2.45, 2.75) is 6.92 Å². The standard InChI is InChI=1S/C16H15NO5S/c1-10-17-12(9-23-10)5-7-15(18)22-13-6-4-11(16(19)21-3)8-14(13)20-2/h4-9H,1-3H3/b7-5+. The van der Waals surface area contributed by atoms with Crippen LogP contribution in [0.5, 0.6) is 11.5 Å². The molecule has 0 spiro atoms. The number of ether oxygens (including phenoxy) is 3. The smallest absolute Gasteiger partial charge is 0.337 e. The number of carbonyl (C=O) groups excluding carboxylic acids is 2. The Hall–Kier alpha value is -2.67. The lowest BCUT2D eigenvalue weighted by atomic mass is 10.2. The first-order chi connectivity index (χ1) is 11.0. The summed E-state index contributed by atoms with van der Waals surface area (Å²) in [5.74, 6) is -0.594. The van der Waals surface area contributed by atoms with Gasteiger partial charge in [0, 0.05) is 11.5 Å². The zero-order valence-corrected chi connectivity index (χ0v) is 13.7. The third kappa shape index (κ3) is 4.40. The van der Waals surface area contributed by atoms with Crippen LogP contribution in [0.4, 0.5) is 0 Å². The molecule has 2 rings (SSSR count). The second-order valence-corrected chi connectivity index (χ2v) is 5.47. The highest BCUT2D eigenvalue weighted by Crippen LogP contribution is 2.28. The Balaban J connectivity index is 2.11. The zero-order valence-electron chi connectivity index (χ0n) is 12.9. The largest absolute Gasteiger partial charge is 0.493 e. The van der Waals surface area contributed by atoms with E-state index in [0.717, 1.165) is 5.01 Å². The van der Waals surface area contributed by atoms with Crippen LogP contribution >= 0.6 is 11.3 Å². The van der Waals surface area contributed by atoms with E-state index in [1.807, 2.05) is 12.3 Å². The Bertz CT molecular complexity index is 751. The first kappa shape index (κ1) is 16.7. The maximum absolute atomic E-state index is 11.9. The van der Waals surface area contributed by atoms with Gasteiger partial charge in [0.1, 0.15) is 0 Å². The number of aromatic nitrogens is 1. The van der Waals surface area contributed by atoms with Crippen molar-refractivity contribution in [2.24, 2.45) is 0 Å². The van der Waals surface area contributed by atoms with Gasteiger partial charge in [-0.2, -0.15) is 0 Å². The summed E-state index contributed by atoms with van der Waals surface area (Å²) in [5, 5.41) is 2.75. The number of rotatable bonds is 5. The summed E-state index contributed by atoms with van der Waals surface area (Å²) in [6.07, 6.45) is 2.85. The normalized spacial score (nSPS) is 10.6. The van der Waals surface area contributed by atoms with Crippen molar-refractivity contribution in [2.75, 3.05) is 14.2 Å².